The summed E-state index contributed by atoms with van der Waals surface area (Å²) in [6.07, 6.45) is 5.26. The molecule has 1 saturated carbocycles. The molecule has 0 radical (unpaired) electrons. The van der Waals surface area contributed by atoms with Crippen molar-refractivity contribution in [2.45, 2.75) is 44.7 Å². The van der Waals surface area contributed by atoms with E-state index in [4.69, 9.17) is 17.3 Å². The van der Waals surface area contributed by atoms with Crippen molar-refractivity contribution in [2.24, 2.45) is 11.7 Å². The van der Waals surface area contributed by atoms with Gasteiger partial charge in [0.2, 0.25) is 0 Å². The van der Waals surface area contributed by atoms with Gasteiger partial charge in [0, 0.05) is 28.1 Å². The van der Waals surface area contributed by atoms with Crippen molar-refractivity contribution >= 4 is 27.5 Å². The molecular weight excluding hydrogens is 336 g/mol. The molecule has 1 aliphatic rings. The van der Waals surface area contributed by atoms with E-state index in [-0.39, 0.29) is 6.04 Å². The second kappa shape index (κ2) is 7.26. The maximum absolute atomic E-state index is 6.39. The van der Waals surface area contributed by atoms with Gasteiger partial charge in [0.15, 0.2) is 0 Å². The van der Waals surface area contributed by atoms with E-state index in [0.717, 1.165) is 21.0 Å². The van der Waals surface area contributed by atoms with Crippen LogP contribution in [0.15, 0.2) is 22.7 Å². The van der Waals surface area contributed by atoms with E-state index in [2.05, 4.69) is 40.9 Å². The van der Waals surface area contributed by atoms with Gasteiger partial charge in [0.05, 0.1) is 0 Å². The van der Waals surface area contributed by atoms with Crippen molar-refractivity contribution in [2.75, 3.05) is 13.6 Å². The van der Waals surface area contributed by atoms with Crippen molar-refractivity contribution in [1.82, 2.24) is 4.90 Å². The molecule has 1 aromatic carbocycles. The molecule has 0 heterocycles. The predicted molar refractivity (Wildman–Crippen MR) is 90.1 cm³/mol. The summed E-state index contributed by atoms with van der Waals surface area (Å²) in [5, 5.41) is 0.805. The van der Waals surface area contributed by atoms with Crippen LogP contribution in [0.5, 0.6) is 0 Å². The highest BCUT2D eigenvalue weighted by Gasteiger charge is 2.30. The van der Waals surface area contributed by atoms with Crippen molar-refractivity contribution in [1.29, 1.82) is 0 Å². The van der Waals surface area contributed by atoms with Gasteiger partial charge in [0.1, 0.15) is 0 Å². The quantitative estimate of drug-likeness (QED) is 0.850. The average molecular weight is 360 g/mol. The standard InChI is InChI=1S/C16H24BrClN2/c1-11-5-3-4-6-15(11)20(2)16(10-19)13-9-12(17)7-8-14(13)18/h7-9,11,15-16H,3-6,10,19H2,1-2H3. The Balaban J connectivity index is 2.24. The Morgan fingerprint density at radius 3 is 2.75 bits per heavy atom. The maximum atomic E-state index is 6.39. The normalized spacial score (nSPS) is 24.9. The third-order valence-corrected chi connectivity index (χ3v) is 5.46. The van der Waals surface area contributed by atoms with Crippen LogP contribution < -0.4 is 5.73 Å². The lowest BCUT2D eigenvalue weighted by molar-refractivity contribution is 0.0992. The van der Waals surface area contributed by atoms with Gasteiger partial charge in [-0.25, -0.2) is 0 Å². The number of halogens is 2. The van der Waals surface area contributed by atoms with Gasteiger partial charge in [0.25, 0.3) is 0 Å². The van der Waals surface area contributed by atoms with Crippen molar-refractivity contribution in [3.05, 3.63) is 33.3 Å². The molecule has 1 aliphatic carbocycles. The Bertz CT molecular complexity index is 452. The molecule has 2 nitrogen and oxygen atoms in total. The number of hydrogen-bond acceptors (Lipinski definition) is 2. The van der Waals surface area contributed by atoms with Crippen LogP contribution in [-0.4, -0.2) is 24.5 Å². The maximum Gasteiger partial charge on any atom is 0.0485 e. The highest BCUT2D eigenvalue weighted by atomic mass is 79.9. The number of nitrogens with zero attached hydrogens (tertiary/aromatic N) is 1. The Hall–Kier alpha value is -0.0900. The van der Waals surface area contributed by atoms with Crippen molar-refractivity contribution in [3.8, 4) is 0 Å². The second-order valence-electron chi connectivity index (χ2n) is 5.91. The van der Waals surface area contributed by atoms with E-state index in [1.807, 2.05) is 12.1 Å². The molecule has 3 unspecified atom stereocenters. The van der Waals surface area contributed by atoms with E-state index < -0.39 is 0 Å². The number of nitrogens with two attached hydrogens (primary N) is 1. The van der Waals surface area contributed by atoms with Gasteiger partial charge >= 0.3 is 0 Å². The van der Waals surface area contributed by atoms with E-state index >= 15 is 0 Å². The molecule has 0 spiro atoms. The SMILES string of the molecule is CC1CCCCC1N(C)C(CN)c1cc(Br)ccc1Cl. The van der Waals surface area contributed by atoms with Crippen LogP contribution in [0.1, 0.15) is 44.2 Å². The van der Waals surface area contributed by atoms with E-state index in [1.54, 1.807) is 0 Å². The third-order valence-electron chi connectivity index (χ3n) is 4.62. The lowest BCUT2D eigenvalue weighted by atomic mass is 9.84. The topological polar surface area (TPSA) is 29.3 Å². The summed E-state index contributed by atoms with van der Waals surface area (Å²) in [7, 11) is 2.20. The Morgan fingerprint density at radius 1 is 1.40 bits per heavy atom. The molecule has 0 aliphatic heterocycles. The Morgan fingerprint density at radius 2 is 2.10 bits per heavy atom. The van der Waals surface area contributed by atoms with Crippen LogP contribution in [-0.2, 0) is 0 Å². The zero-order valence-corrected chi connectivity index (χ0v) is 14.6. The molecule has 1 aromatic rings. The molecule has 1 fully saturated rings. The van der Waals surface area contributed by atoms with Gasteiger partial charge < -0.3 is 5.73 Å². The van der Waals surface area contributed by atoms with Crippen LogP contribution in [0.25, 0.3) is 0 Å². The fourth-order valence-corrected chi connectivity index (χ4v) is 4.04. The van der Waals surface area contributed by atoms with Gasteiger partial charge in [-0.1, -0.05) is 47.3 Å². The first-order valence-electron chi connectivity index (χ1n) is 7.41. The zero-order valence-electron chi connectivity index (χ0n) is 12.3. The highest BCUT2D eigenvalue weighted by molar-refractivity contribution is 9.10. The number of rotatable bonds is 4. The lowest BCUT2D eigenvalue weighted by Gasteiger charge is -2.41. The summed E-state index contributed by atoms with van der Waals surface area (Å²) in [4.78, 5) is 2.44. The molecule has 20 heavy (non-hydrogen) atoms. The van der Waals surface area contributed by atoms with E-state index in [9.17, 15) is 0 Å². The fourth-order valence-electron chi connectivity index (χ4n) is 3.42. The van der Waals surface area contributed by atoms with Crippen LogP contribution in [0.4, 0.5) is 0 Å². The Kier molecular flexibility index (Phi) is 5.91. The minimum atomic E-state index is 0.186. The number of hydrogen-bond donors (Lipinski definition) is 1. The summed E-state index contributed by atoms with van der Waals surface area (Å²) >= 11 is 9.92. The summed E-state index contributed by atoms with van der Waals surface area (Å²) in [5.41, 5.74) is 7.19. The van der Waals surface area contributed by atoms with Crippen molar-refractivity contribution < 1.29 is 0 Å². The summed E-state index contributed by atoms with van der Waals surface area (Å²) in [6.45, 7) is 2.95. The van der Waals surface area contributed by atoms with Crippen LogP contribution in [0.2, 0.25) is 5.02 Å². The molecule has 112 valence electrons. The molecule has 0 saturated heterocycles. The molecule has 2 N–H and O–H groups in total. The van der Waals surface area contributed by atoms with Gasteiger partial charge in [-0.2, -0.15) is 0 Å². The molecule has 4 heteroatoms. The average Bonchev–Trinajstić information content (AvgIpc) is 2.44. The minimum Gasteiger partial charge on any atom is -0.329 e. The molecule has 2 rings (SSSR count). The van der Waals surface area contributed by atoms with Crippen LogP contribution >= 0.6 is 27.5 Å². The van der Waals surface area contributed by atoms with Crippen molar-refractivity contribution in [3.63, 3.8) is 0 Å². The summed E-state index contributed by atoms with van der Waals surface area (Å²) in [5.74, 6) is 0.730. The summed E-state index contributed by atoms with van der Waals surface area (Å²) in [6, 6.07) is 6.81. The number of benzene rings is 1. The predicted octanol–water partition coefficient (Wildman–Crippen LogP) is 4.61. The first-order valence-corrected chi connectivity index (χ1v) is 8.58. The van der Waals surface area contributed by atoms with Crippen LogP contribution in [0, 0.1) is 5.92 Å². The molecule has 0 bridgehead atoms. The van der Waals surface area contributed by atoms with E-state index in [1.165, 1.54) is 25.7 Å². The van der Waals surface area contributed by atoms with Gasteiger partial charge in [-0.3, -0.25) is 4.90 Å². The lowest BCUT2D eigenvalue weighted by Crippen LogP contribution is -2.43. The second-order valence-corrected chi connectivity index (χ2v) is 7.23. The van der Waals surface area contributed by atoms with E-state index in [0.29, 0.717) is 12.6 Å². The Labute approximate surface area is 135 Å². The monoisotopic (exact) mass is 358 g/mol. The first-order chi connectivity index (χ1) is 9.54. The fraction of sp³-hybridized carbons (Fsp3) is 0.625. The molecule has 0 amide bonds. The molecule has 3 atom stereocenters. The largest absolute Gasteiger partial charge is 0.329 e. The third kappa shape index (κ3) is 3.56. The van der Waals surface area contributed by atoms with Gasteiger partial charge in [-0.05, 0) is 49.6 Å². The first kappa shape index (κ1) is 16.3. The zero-order chi connectivity index (χ0) is 14.7. The smallest absolute Gasteiger partial charge is 0.0485 e. The number of likely N-dealkylation sites (N-methyl/N-ethyl adjacent to an activating group) is 1. The molecular formula is C16H24BrClN2. The molecule has 0 aromatic heterocycles. The van der Waals surface area contributed by atoms with Gasteiger partial charge in [-0.15, -0.1) is 0 Å². The highest BCUT2D eigenvalue weighted by Crippen LogP contribution is 2.35. The summed E-state index contributed by atoms with van der Waals surface area (Å²) < 4.78 is 1.06. The minimum absolute atomic E-state index is 0.186. The van der Waals surface area contributed by atoms with Crippen LogP contribution in [0.3, 0.4) is 0 Å².